The van der Waals surface area contributed by atoms with Gasteiger partial charge in [0.25, 0.3) is 0 Å². The number of rotatable bonds is 13. The number of esters is 1. The molecule has 0 bridgehead atoms. The standard InChI is InChI=1S/C25H41N5O3/c1-5-8-22(18-31)27-23-15-19(2)30(25(26)28-23)17-21-11-9-20(10-12-21)16-24(32)33-14-7-6-13-29(3)4/h9-12,15,22,25,31H,5-8,13-14,16-18,26H2,1-4H3,(H,27,28). The molecule has 0 fully saturated rings. The molecule has 0 aliphatic carbocycles. The lowest BCUT2D eigenvalue weighted by Gasteiger charge is -2.33. The van der Waals surface area contributed by atoms with Gasteiger partial charge in [0.2, 0.25) is 0 Å². The van der Waals surface area contributed by atoms with Crippen molar-refractivity contribution in [3.63, 3.8) is 0 Å². The number of amidine groups is 1. The summed E-state index contributed by atoms with van der Waals surface area (Å²) in [4.78, 5) is 20.8. The van der Waals surface area contributed by atoms with Crippen LogP contribution in [0.3, 0.4) is 0 Å². The van der Waals surface area contributed by atoms with Crippen molar-refractivity contribution in [1.29, 1.82) is 0 Å². The monoisotopic (exact) mass is 459 g/mol. The van der Waals surface area contributed by atoms with Crippen LogP contribution in [-0.2, 0) is 22.5 Å². The summed E-state index contributed by atoms with van der Waals surface area (Å²) in [6, 6.07) is 7.93. The first kappa shape index (κ1) is 26.8. The van der Waals surface area contributed by atoms with Gasteiger partial charge in [0.1, 0.15) is 5.84 Å². The molecule has 2 unspecified atom stereocenters. The molecule has 1 aromatic carbocycles. The minimum Gasteiger partial charge on any atom is -0.465 e. The molecule has 0 spiro atoms. The van der Waals surface area contributed by atoms with E-state index in [1.54, 1.807) is 0 Å². The van der Waals surface area contributed by atoms with Gasteiger partial charge in [-0.3, -0.25) is 10.5 Å². The highest BCUT2D eigenvalue weighted by atomic mass is 16.5. The summed E-state index contributed by atoms with van der Waals surface area (Å²) in [7, 11) is 4.07. The minimum absolute atomic E-state index is 0.0196. The fourth-order valence-electron chi connectivity index (χ4n) is 3.70. The molecule has 1 aliphatic rings. The van der Waals surface area contributed by atoms with Gasteiger partial charge in [-0.2, -0.15) is 0 Å². The second-order valence-electron chi connectivity index (χ2n) is 8.88. The summed E-state index contributed by atoms with van der Waals surface area (Å²) in [5.41, 5.74) is 9.34. The number of unbranched alkanes of at least 4 members (excludes halogenated alkanes) is 1. The molecule has 184 valence electrons. The second kappa shape index (κ2) is 14.0. The number of nitrogens with one attached hydrogen (secondary N) is 1. The highest BCUT2D eigenvalue weighted by molar-refractivity contribution is 5.94. The van der Waals surface area contributed by atoms with Crippen LogP contribution in [0.1, 0.15) is 50.7 Å². The van der Waals surface area contributed by atoms with Gasteiger partial charge in [0.05, 0.1) is 25.7 Å². The lowest BCUT2D eigenvalue weighted by Crippen LogP contribution is -2.46. The first-order chi connectivity index (χ1) is 15.8. The third-order valence-electron chi connectivity index (χ3n) is 5.59. The summed E-state index contributed by atoms with van der Waals surface area (Å²) in [6.45, 7) is 6.25. The van der Waals surface area contributed by atoms with E-state index in [4.69, 9.17) is 10.5 Å². The van der Waals surface area contributed by atoms with Gasteiger partial charge < -0.3 is 25.0 Å². The largest absolute Gasteiger partial charge is 0.465 e. The number of aliphatic hydroxyl groups is 1. The van der Waals surface area contributed by atoms with Gasteiger partial charge in [-0.15, -0.1) is 0 Å². The Morgan fingerprint density at radius 2 is 1.97 bits per heavy atom. The van der Waals surface area contributed by atoms with Gasteiger partial charge in [-0.25, -0.2) is 4.99 Å². The molecule has 1 aliphatic heterocycles. The molecule has 0 radical (unpaired) electrons. The Morgan fingerprint density at radius 1 is 1.27 bits per heavy atom. The van der Waals surface area contributed by atoms with Crippen LogP contribution in [0.15, 0.2) is 41.0 Å². The molecular weight excluding hydrogens is 418 g/mol. The van der Waals surface area contributed by atoms with Crippen molar-refractivity contribution < 1.29 is 14.6 Å². The number of aliphatic imine (C=N–C) groups is 1. The van der Waals surface area contributed by atoms with E-state index < -0.39 is 6.29 Å². The van der Waals surface area contributed by atoms with Crippen LogP contribution in [0, 0.1) is 0 Å². The number of carbonyl (C=O) groups is 1. The maximum absolute atomic E-state index is 12.1. The Hall–Kier alpha value is -2.42. The van der Waals surface area contributed by atoms with Gasteiger partial charge in [-0.05, 0) is 64.0 Å². The average Bonchev–Trinajstić information content (AvgIpc) is 2.76. The summed E-state index contributed by atoms with van der Waals surface area (Å²) in [6.07, 6.45) is 5.49. The molecular formula is C25H41N5O3. The molecule has 2 rings (SSSR count). The average molecular weight is 460 g/mol. The second-order valence-corrected chi connectivity index (χ2v) is 8.88. The maximum atomic E-state index is 12.1. The van der Waals surface area contributed by atoms with E-state index >= 15 is 0 Å². The molecule has 0 saturated carbocycles. The fraction of sp³-hybridized carbons (Fsp3) is 0.600. The van der Waals surface area contributed by atoms with E-state index in [1.165, 1.54) is 0 Å². The first-order valence-electron chi connectivity index (χ1n) is 11.9. The molecule has 1 aromatic rings. The highest BCUT2D eigenvalue weighted by Crippen LogP contribution is 2.18. The van der Waals surface area contributed by atoms with E-state index in [0.29, 0.717) is 19.0 Å². The van der Waals surface area contributed by atoms with Crippen LogP contribution in [0.25, 0.3) is 0 Å². The molecule has 0 saturated heterocycles. The number of ether oxygens (including phenoxy) is 1. The van der Waals surface area contributed by atoms with Gasteiger partial charge >= 0.3 is 5.97 Å². The zero-order valence-corrected chi connectivity index (χ0v) is 20.6. The highest BCUT2D eigenvalue weighted by Gasteiger charge is 2.21. The lowest BCUT2D eigenvalue weighted by atomic mass is 10.1. The van der Waals surface area contributed by atoms with Crippen molar-refractivity contribution in [3.05, 3.63) is 47.2 Å². The Kier molecular flexibility index (Phi) is 11.4. The van der Waals surface area contributed by atoms with E-state index in [2.05, 4.69) is 22.1 Å². The van der Waals surface area contributed by atoms with Crippen LogP contribution in [0.5, 0.6) is 0 Å². The predicted octanol–water partition coefficient (Wildman–Crippen LogP) is 2.22. The van der Waals surface area contributed by atoms with Crippen molar-refractivity contribution in [2.75, 3.05) is 33.9 Å². The Bertz CT molecular complexity index is 792. The number of nitrogens with two attached hydrogens (primary N) is 1. The number of carbonyl (C=O) groups excluding carboxylic acids is 1. The normalized spacial score (nSPS) is 16.9. The third-order valence-corrected chi connectivity index (χ3v) is 5.59. The minimum atomic E-state index is -0.499. The Balaban J connectivity index is 1.83. The van der Waals surface area contributed by atoms with Crippen LogP contribution in [-0.4, -0.2) is 72.9 Å². The first-order valence-corrected chi connectivity index (χ1v) is 11.9. The number of hydrogen-bond donors (Lipinski definition) is 3. The Morgan fingerprint density at radius 3 is 2.58 bits per heavy atom. The van der Waals surface area contributed by atoms with Gasteiger partial charge in [0.15, 0.2) is 6.29 Å². The fourth-order valence-corrected chi connectivity index (χ4v) is 3.70. The topological polar surface area (TPSA) is 103 Å². The van der Waals surface area contributed by atoms with Crippen LogP contribution < -0.4 is 11.1 Å². The number of benzene rings is 1. The molecule has 4 N–H and O–H groups in total. The molecule has 1 heterocycles. The zero-order chi connectivity index (χ0) is 24.2. The number of hydrogen-bond acceptors (Lipinski definition) is 8. The predicted molar refractivity (Wildman–Crippen MR) is 133 cm³/mol. The molecule has 8 heteroatoms. The smallest absolute Gasteiger partial charge is 0.310 e. The number of allylic oxidation sites excluding steroid dienone is 1. The third kappa shape index (κ3) is 9.53. The van der Waals surface area contributed by atoms with Crippen LogP contribution in [0.4, 0.5) is 0 Å². The molecule has 0 amide bonds. The molecule has 0 aromatic heterocycles. The van der Waals surface area contributed by atoms with Crippen molar-refractivity contribution in [3.8, 4) is 0 Å². The van der Waals surface area contributed by atoms with E-state index in [9.17, 15) is 9.90 Å². The number of aliphatic hydroxyl groups excluding tert-OH is 1. The SMILES string of the molecule is CCCC(CO)NC1=NC(N)N(Cc2ccc(CC(=O)OCCCCN(C)C)cc2)C(C)=C1. The van der Waals surface area contributed by atoms with E-state index in [0.717, 1.165) is 49.1 Å². The number of nitrogens with zero attached hydrogens (tertiary/aromatic N) is 3. The van der Waals surface area contributed by atoms with Crippen molar-refractivity contribution in [2.24, 2.45) is 10.7 Å². The van der Waals surface area contributed by atoms with E-state index in [1.807, 2.05) is 56.3 Å². The van der Waals surface area contributed by atoms with Gasteiger partial charge in [-0.1, -0.05) is 37.6 Å². The lowest BCUT2D eigenvalue weighted by molar-refractivity contribution is -0.142. The Labute approximate surface area is 198 Å². The van der Waals surface area contributed by atoms with Crippen LogP contribution in [0.2, 0.25) is 0 Å². The van der Waals surface area contributed by atoms with Gasteiger partial charge in [0, 0.05) is 12.2 Å². The van der Waals surface area contributed by atoms with Crippen molar-refractivity contribution >= 4 is 11.8 Å². The summed E-state index contributed by atoms with van der Waals surface area (Å²) in [5, 5.41) is 12.8. The summed E-state index contributed by atoms with van der Waals surface area (Å²) >= 11 is 0. The quantitative estimate of drug-likeness (QED) is 0.307. The molecule has 8 nitrogen and oxygen atoms in total. The maximum Gasteiger partial charge on any atom is 0.310 e. The van der Waals surface area contributed by atoms with Crippen molar-refractivity contribution in [1.82, 2.24) is 15.1 Å². The van der Waals surface area contributed by atoms with E-state index in [-0.39, 0.29) is 25.0 Å². The summed E-state index contributed by atoms with van der Waals surface area (Å²) in [5.74, 6) is 0.516. The molecule has 33 heavy (non-hydrogen) atoms. The summed E-state index contributed by atoms with van der Waals surface area (Å²) < 4.78 is 5.34. The van der Waals surface area contributed by atoms with Crippen molar-refractivity contribution in [2.45, 2.75) is 64.8 Å². The molecule has 2 atom stereocenters. The van der Waals surface area contributed by atoms with Crippen LogP contribution >= 0.6 is 0 Å². The zero-order valence-electron chi connectivity index (χ0n) is 20.6.